The van der Waals surface area contributed by atoms with Crippen LogP contribution in [0.3, 0.4) is 0 Å². The van der Waals surface area contributed by atoms with Crippen molar-refractivity contribution < 1.29 is 19.1 Å². The van der Waals surface area contributed by atoms with Crippen LogP contribution < -0.4 is 10.1 Å². The minimum Gasteiger partial charge on any atom is -0.491 e. The van der Waals surface area contributed by atoms with E-state index in [0.29, 0.717) is 22.7 Å². The third-order valence-corrected chi connectivity index (χ3v) is 3.22. The topological polar surface area (TPSA) is 77.5 Å². The Morgan fingerprint density at radius 3 is 2.52 bits per heavy atom. The third-order valence-electron chi connectivity index (χ3n) is 3.22. The molecular formula is C19H20N2O4. The van der Waals surface area contributed by atoms with Crippen LogP contribution in [0.15, 0.2) is 43.1 Å². The first kappa shape index (κ1) is 18.2. The number of aromatic nitrogens is 1. The van der Waals surface area contributed by atoms with Crippen molar-refractivity contribution >= 4 is 23.8 Å². The van der Waals surface area contributed by atoms with E-state index < -0.39 is 5.97 Å². The van der Waals surface area contributed by atoms with Gasteiger partial charge in [-0.25, -0.2) is 9.78 Å². The molecule has 0 bridgehead atoms. The molecule has 0 saturated heterocycles. The highest BCUT2D eigenvalue weighted by atomic mass is 16.5. The predicted octanol–water partition coefficient (Wildman–Crippen LogP) is 3.55. The number of carbonyl (C=O) groups is 2. The molecule has 1 amide bonds. The summed E-state index contributed by atoms with van der Waals surface area (Å²) in [5, 5.41) is 2.68. The fraction of sp³-hybridized carbons (Fsp3) is 0.211. The Hall–Kier alpha value is -3.15. The molecule has 0 saturated carbocycles. The van der Waals surface area contributed by atoms with Crippen molar-refractivity contribution in [3.8, 4) is 5.75 Å². The summed E-state index contributed by atoms with van der Waals surface area (Å²) >= 11 is 0. The van der Waals surface area contributed by atoms with E-state index in [9.17, 15) is 9.59 Å². The molecule has 0 atom stereocenters. The molecule has 6 nitrogen and oxygen atoms in total. The molecule has 25 heavy (non-hydrogen) atoms. The molecular weight excluding hydrogens is 320 g/mol. The number of esters is 1. The van der Waals surface area contributed by atoms with E-state index >= 15 is 0 Å². The van der Waals surface area contributed by atoms with Gasteiger partial charge in [-0.1, -0.05) is 12.7 Å². The number of carbonyl (C=O) groups excluding carboxylic acids is 2. The number of nitrogens with one attached hydrogen (secondary N) is 1. The highest BCUT2D eigenvalue weighted by Crippen LogP contribution is 2.20. The average Bonchev–Trinajstić information content (AvgIpc) is 2.60. The van der Waals surface area contributed by atoms with E-state index in [-0.39, 0.29) is 12.0 Å². The van der Waals surface area contributed by atoms with E-state index in [0.717, 1.165) is 5.56 Å². The van der Waals surface area contributed by atoms with Gasteiger partial charge in [0.25, 0.3) is 5.91 Å². The Kier molecular flexibility index (Phi) is 5.89. The first-order valence-electron chi connectivity index (χ1n) is 7.73. The first-order valence-corrected chi connectivity index (χ1v) is 7.73. The van der Waals surface area contributed by atoms with Gasteiger partial charge in [-0.2, -0.15) is 0 Å². The van der Waals surface area contributed by atoms with E-state index in [1.54, 1.807) is 18.2 Å². The number of nitrogens with zero attached hydrogens (tertiary/aromatic N) is 1. The van der Waals surface area contributed by atoms with Gasteiger partial charge in [0.15, 0.2) is 0 Å². The highest BCUT2D eigenvalue weighted by molar-refractivity contribution is 6.04. The van der Waals surface area contributed by atoms with Crippen molar-refractivity contribution in [2.45, 2.75) is 20.0 Å². The van der Waals surface area contributed by atoms with Crippen LogP contribution in [-0.2, 0) is 4.74 Å². The zero-order chi connectivity index (χ0) is 18.4. The molecule has 6 heteroatoms. The molecule has 1 aromatic carbocycles. The second kappa shape index (κ2) is 8.10. The Labute approximate surface area is 146 Å². The number of rotatable bonds is 6. The zero-order valence-electron chi connectivity index (χ0n) is 14.4. The van der Waals surface area contributed by atoms with Crippen LogP contribution >= 0.6 is 0 Å². The third kappa shape index (κ3) is 4.91. The predicted molar refractivity (Wildman–Crippen MR) is 95.8 cm³/mol. The zero-order valence-corrected chi connectivity index (χ0v) is 14.4. The molecule has 1 N–H and O–H groups in total. The number of anilines is 1. The molecule has 0 spiro atoms. The second-order valence-corrected chi connectivity index (χ2v) is 5.54. The number of methoxy groups -OCH3 is 1. The van der Waals surface area contributed by atoms with Gasteiger partial charge >= 0.3 is 5.97 Å². The number of hydrogen-bond donors (Lipinski definition) is 1. The fourth-order valence-electron chi connectivity index (χ4n) is 2.11. The Bertz CT molecular complexity index is 783. The highest BCUT2D eigenvalue weighted by Gasteiger charge is 2.12. The molecule has 0 aliphatic heterocycles. The van der Waals surface area contributed by atoms with E-state index in [1.165, 1.54) is 25.4 Å². The summed E-state index contributed by atoms with van der Waals surface area (Å²) in [6.07, 6.45) is 2.98. The molecule has 0 radical (unpaired) electrons. The van der Waals surface area contributed by atoms with Gasteiger partial charge in [0, 0.05) is 11.8 Å². The maximum absolute atomic E-state index is 12.5. The van der Waals surface area contributed by atoms with Crippen LogP contribution in [0.25, 0.3) is 6.08 Å². The molecule has 0 fully saturated rings. The van der Waals surface area contributed by atoms with Crippen molar-refractivity contribution in [3.63, 3.8) is 0 Å². The van der Waals surface area contributed by atoms with Gasteiger partial charge < -0.3 is 14.8 Å². The van der Waals surface area contributed by atoms with E-state index in [1.807, 2.05) is 19.9 Å². The van der Waals surface area contributed by atoms with E-state index in [4.69, 9.17) is 4.74 Å². The summed E-state index contributed by atoms with van der Waals surface area (Å²) in [7, 11) is 1.29. The maximum Gasteiger partial charge on any atom is 0.339 e. The van der Waals surface area contributed by atoms with Crippen molar-refractivity contribution in [2.24, 2.45) is 0 Å². The normalized spacial score (nSPS) is 10.2. The molecule has 0 aliphatic rings. The molecule has 0 unspecified atom stereocenters. The lowest BCUT2D eigenvalue weighted by molar-refractivity contribution is 0.0600. The summed E-state index contributed by atoms with van der Waals surface area (Å²) in [4.78, 5) is 27.9. The summed E-state index contributed by atoms with van der Waals surface area (Å²) in [5.41, 5.74) is 1.51. The quantitative estimate of drug-likeness (QED) is 0.814. The molecule has 1 heterocycles. The Morgan fingerprint density at radius 2 is 1.96 bits per heavy atom. The van der Waals surface area contributed by atoms with Crippen LogP contribution in [0.5, 0.6) is 5.75 Å². The lowest BCUT2D eigenvalue weighted by Gasteiger charge is -2.12. The summed E-state index contributed by atoms with van der Waals surface area (Å²) < 4.78 is 10.3. The van der Waals surface area contributed by atoms with Crippen LogP contribution in [0.4, 0.5) is 5.82 Å². The monoisotopic (exact) mass is 340 g/mol. The number of ether oxygens (including phenoxy) is 2. The van der Waals surface area contributed by atoms with E-state index in [2.05, 4.69) is 21.6 Å². The van der Waals surface area contributed by atoms with Gasteiger partial charge in [0.2, 0.25) is 0 Å². The lowest BCUT2D eigenvalue weighted by Crippen LogP contribution is -2.14. The molecule has 130 valence electrons. The van der Waals surface area contributed by atoms with Gasteiger partial charge in [-0.15, -0.1) is 0 Å². The van der Waals surface area contributed by atoms with Crippen molar-refractivity contribution in [3.05, 3.63) is 59.8 Å². The van der Waals surface area contributed by atoms with Crippen molar-refractivity contribution in [1.29, 1.82) is 0 Å². The maximum atomic E-state index is 12.5. The number of pyridine rings is 1. The van der Waals surface area contributed by atoms with Crippen LogP contribution in [0.1, 0.15) is 40.1 Å². The summed E-state index contributed by atoms with van der Waals surface area (Å²) in [5.74, 6) is 0.0923. The van der Waals surface area contributed by atoms with Crippen molar-refractivity contribution in [1.82, 2.24) is 4.98 Å². The minimum atomic E-state index is -0.487. The second-order valence-electron chi connectivity index (χ2n) is 5.54. The number of amides is 1. The minimum absolute atomic E-state index is 0.0106. The van der Waals surface area contributed by atoms with Gasteiger partial charge in [0.05, 0.1) is 18.8 Å². The fourth-order valence-corrected chi connectivity index (χ4v) is 2.11. The van der Waals surface area contributed by atoms with Gasteiger partial charge in [-0.05, 0) is 49.7 Å². The first-order chi connectivity index (χ1) is 11.9. The van der Waals surface area contributed by atoms with Crippen LogP contribution in [0, 0.1) is 0 Å². The molecule has 2 rings (SSSR count). The van der Waals surface area contributed by atoms with Crippen LogP contribution in [-0.4, -0.2) is 30.1 Å². The lowest BCUT2D eigenvalue weighted by atomic mass is 10.1. The SMILES string of the molecule is C=Cc1cc(OC(C)C)cc(C(=O)Nc2ccc(C(=O)OC)cn2)c1. The van der Waals surface area contributed by atoms with Crippen LogP contribution in [0.2, 0.25) is 0 Å². The standard InChI is InChI=1S/C19H20N2O4/c1-5-13-8-15(10-16(9-13)25-12(2)3)18(22)21-17-7-6-14(11-20-17)19(23)24-4/h5-12H,1H2,2-4H3,(H,20,21,22). The molecule has 1 aromatic heterocycles. The Balaban J connectivity index is 2.19. The summed E-state index contributed by atoms with van der Waals surface area (Å²) in [6.45, 7) is 7.55. The number of hydrogen-bond acceptors (Lipinski definition) is 5. The van der Waals surface area contributed by atoms with Gasteiger partial charge in [0.1, 0.15) is 11.6 Å². The summed E-state index contributed by atoms with van der Waals surface area (Å²) in [6, 6.07) is 8.24. The van der Waals surface area contributed by atoms with Gasteiger partial charge in [-0.3, -0.25) is 4.79 Å². The number of benzene rings is 1. The van der Waals surface area contributed by atoms with Crippen molar-refractivity contribution in [2.75, 3.05) is 12.4 Å². The molecule has 0 aliphatic carbocycles. The molecule has 2 aromatic rings. The largest absolute Gasteiger partial charge is 0.491 e. The average molecular weight is 340 g/mol. The smallest absolute Gasteiger partial charge is 0.339 e. The Morgan fingerprint density at radius 1 is 1.20 bits per heavy atom.